The molecule has 0 aromatic heterocycles. The molecule has 1 aromatic rings. The van der Waals surface area contributed by atoms with Crippen LogP contribution in [0.15, 0.2) is 6.07 Å². The first kappa shape index (κ1) is 15.9. The molecule has 118 valence electrons. The highest BCUT2D eigenvalue weighted by molar-refractivity contribution is 6.10. The van der Waals surface area contributed by atoms with Gasteiger partial charge in [-0.2, -0.15) is 0 Å². The lowest BCUT2D eigenvalue weighted by Crippen LogP contribution is -2.44. The van der Waals surface area contributed by atoms with E-state index >= 15 is 0 Å². The van der Waals surface area contributed by atoms with Crippen LogP contribution in [-0.4, -0.2) is 30.9 Å². The fourth-order valence-electron chi connectivity index (χ4n) is 2.62. The third kappa shape index (κ3) is 2.93. The van der Waals surface area contributed by atoms with Gasteiger partial charge in [0.05, 0.1) is 18.8 Å². The molecular weight excluding hydrogens is 291 g/mol. The highest BCUT2D eigenvalue weighted by atomic mass is 19.1. The maximum absolute atomic E-state index is 14.0. The number of halogens is 1. The number of anilines is 1. The minimum atomic E-state index is -0.752. The quantitative estimate of drug-likeness (QED) is 0.874. The number of ketones is 1. The molecule has 0 radical (unpaired) electrons. The monoisotopic (exact) mass is 308 g/mol. The van der Waals surface area contributed by atoms with Crippen LogP contribution < -0.4 is 10.6 Å². The number of amides is 2. The first-order chi connectivity index (χ1) is 10.3. The Morgan fingerprint density at radius 1 is 1.41 bits per heavy atom. The summed E-state index contributed by atoms with van der Waals surface area (Å²) in [7, 11) is 1.21. The minimum Gasteiger partial charge on any atom is -0.453 e. The number of methoxy groups -OCH3 is 1. The summed E-state index contributed by atoms with van der Waals surface area (Å²) >= 11 is 0. The molecule has 2 rings (SSSR count). The van der Waals surface area contributed by atoms with Crippen LogP contribution in [0.5, 0.6) is 0 Å². The molecule has 0 fully saturated rings. The Balaban J connectivity index is 2.47. The Hall–Kier alpha value is -2.44. The highest BCUT2D eigenvalue weighted by Gasteiger charge is 2.33. The molecule has 1 aliphatic carbocycles. The number of fused-ring (bicyclic) bond motifs is 1. The number of hydrogen-bond acceptors (Lipinski definition) is 4. The Morgan fingerprint density at radius 3 is 2.68 bits per heavy atom. The lowest BCUT2D eigenvalue weighted by atomic mass is 9.83. The Labute approximate surface area is 127 Å². The summed E-state index contributed by atoms with van der Waals surface area (Å²) in [4.78, 5) is 35.2. The second-order valence-electron chi connectivity index (χ2n) is 5.16. The van der Waals surface area contributed by atoms with E-state index in [1.165, 1.54) is 14.0 Å². The molecule has 2 N–H and O–H groups in total. The first-order valence-corrected chi connectivity index (χ1v) is 6.83. The van der Waals surface area contributed by atoms with Crippen molar-refractivity contribution < 1.29 is 23.5 Å². The predicted octanol–water partition coefficient (Wildman–Crippen LogP) is 1.95. The van der Waals surface area contributed by atoms with Gasteiger partial charge in [-0.25, -0.2) is 9.18 Å². The van der Waals surface area contributed by atoms with Crippen LogP contribution in [0.3, 0.4) is 0 Å². The predicted molar refractivity (Wildman–Crippen MR) is 77.4 cm³/mol. The molecule has 0 saturated carbocycles. The number of carbonyl (C=O) groups is 3. The fraction of sp³-hybridized carbons (Fsp3) is 0.400. The van der Waals surface area contributed by atoms with Crippen molar-refractivity contribution in [3.63, 3.8) is 0 Å². The molecule has 7 heteroatoms. The molecule has 2 amide bonds. The molecule has 1 aliphatic rings. The van der Waals surface area contributed by atoms with Crippen molar-refractivity contribution in [3.8, 4) is 0 Å². The standard InChI is InChI=1S/C15H17FN2O4/c1-7-9-4-5-11(18-15(21)22-3)14(20)13(9)12(6-10(7)16)17-8(2)19/h6,11H,4-5H2,1-3H3,(H,17,19)(H,18,21)/t11-/m0/s1. The average Bonchev–Trinajstić information content (AvgIpc) is 2.45. The maximum atomic E-state index is 14.0. The van der Waals surface area contributed by atoms with Crippen LogP contribution in [0.25, 0.3) is 0 Å². The topological polar surface area (TPSA) is 84.5 Å². The zero-order valence-electron chi connectivity index (χ0n) is 12.6. The summed E-state index contributed by atoms with van der Waals surface area (Å²) in [5.74, 6) is -1.24. The van der Waals surface area contributed by atoms with Gasteiger partial charge in [0.15, 0.2) is 5.78 Å². The molecule has 0 spiro atoms. The summed E-state index contributed by atoms with van der Waals surface area (Å²) in [5.41, 5.74) is 1.33. The van der Waals surface area contributed by atoms with Gasteiger partial charge in [-0.1, -0.05) is 0 Å². The van der Waals surface area contributed by atoms with Crippen molar-refractivity contribution in [2.75, 3.05) is 12.4 Å². The summed E-state index contributed by atoms with van der Waals surface area (Å²) in [6.07, 6.45) is 0.0677. The number of carbonyl (C=O) groups excluding carboxylic acids is 3. The SMILES string of the molecule is COC(=O)N[C@H]1CCc2c(C)c(F)cc(NC(C)=O)c2C1=O. The second-order valence-corrected chi connectivity index (χ2v) is 5.16. The number of hydrogen-bond donors (Lipinski definition) is 2. The summed E-state index contributed by atoms with van der Waals surface area (Å²) in [6.45, 7) is 2.87. The van der Waals surface area contributed by atoms with E-state index in [0.717, 1.165) is 6.07 Å². The van der Waals surface area contributed by atoms with Crippen molar-refractivity contribution in [1.82, 2.24) is 5.32 Å². The van der Waals surface area contributed by atoms with E-state index in [4.69, 9.17) is 0 Å². The largest absolute Gasteiger partial charge is 0.453 e. The van der Waals surface area contributed by atoms with Gasteiger partial charge in [0.2, 0.25) is 5.91 Å². The molecule has 6 nitrogen and oxygen atoms in total. The lowest BCUT2D eigenvalue weighted by Gasteiger charge is -2.27. The second kappa shape index (κ2) is 6.13. The van der Waals surface area contributed by atoms with E-state index in [1.54, 1.807) is 6.92 Å². The molecule has 0 aliphatic heterocycles. The number of benzene rings is 1. The zero-order chi connectivity index (χ0) is 16.4. The van der Waals surface area contributed by atoms with Crippen LogP contribution in [0.2, 0.25) is 0 Å². The van der Waals surface area contributed by atoms with Gasteiger partial charge in [0.1, 0.15) is 5.82 Å². The molecule has 1 aromatic carbocycles. The van der Waals surface area contributed by atoms with Crippen molar-refractivity contribution in [3.05, 3.63) is 28.6 Å². The molecule has 1 atom stereocenters. The fourth-order valence-corrected chi connectivity index (χ4v) is 2.62. The zero-order valence-corrected chi connectivity index (χ0v) is 12.6. The van der Waals surface area contributed by atoms with Gasteiger partial charge < -0.3 is 15.4 Å². The smallest absolute Gasteiger partial charge is 0.407 e. The molecular formula is C15H17FN2O4. The van der Waals surface area contributed by atoms with E-state index in [2.05, 4.69) is 15.4 Å². The number of alkyl carbamates (subject to hydrolysis) is 1. The summed E-state index contributed by atoms with van der Waals surface area (Å²) in [6, 6.07) is 0.380. The van der Waals surface area contributed by atoms with Crippen LogP contribution in [-0.2, 0) is 16.0 Å². The van der Waals surface area contributed by atoms with Crippen LogP contribution in [0, 0.1) is 12.7 Å². The van der Waals surface area contributed by atoms with E-state index in [-0.39, 0.29) is 17.0 Å². The van der Waals surface area contributed by atoms with Gasteiger partial charge in [-0.3, -0.25) is 9.59 Å². The Kier molecular flexibility index (Phi) is 4.44. The van der Waals surface area contributed by atoms with Crippen molar-refractivity contribution >= 4 is 23.5 Å². The van der Waals surface area contributed by atoms with Crippen LogP contribution in [0.1, 0.15) is 34.8 Å². The van der Waals surface area contributed by atoms with E-state index in [0.29, 0.717) is 24.0 Å². The third-order valence-corrected chi connectivity index (χ3v) is 3.69. The van der Waals surface area contributed by atoms with Crippen molar-refractivity contribution in [1.29, 1.82) is 0 Å². The van der Waals surface area contributed by atoms with E-state index < -0.39 is 23.9 Å². The number of Topliss-reactive ketones (excluding diaryl/α,β-unsaturated/α-hetero) is 1. The van der Waals surface area contributed by atoms with Crippen molar-refractivity contribution in [2.24, 2.45) is 0 Å². The third-order valence-electron chi connectivity index (χ3n) is 3.69. The highest BCUT2D eigenvalue weighted by Crippen LogP contribution is 2.32. The summed E-state index contributed by atoms with van der Waals surface area (Å²) < 4.78 is 18.4. The van der Waals surface area contributed by atoms with Crippen LogP contribution >= 0.6 is 0 Å². The molecule has 0 saturated heterocycles. The van der Waals surface area contributed by atoms with Gasteiger partial charge in [-0.05, 0) is 37.0 Å². The molecule has 0 unspecified atom stereocenters. The van der Waals surface area contributed by atoms with E-state index in [1.807, 2.05) is 0 Å². The number of nitrogens with one attached hydrogen (secondary N) is 2. The maximum Gasteiger partial charge on any atom is 0.407 e. The molecule has 22 heavy (non-hydrogen) atoms. The minimum absolute atomic E-state index is 0.131. The first-order valence-electron chi connectivity index (χ1n) is 6.83. The van der Waals surface area contributed by atoms with Gasteiger partial charge >= 0.3 is 6.09 Å². The van der Waals surface area contributed by atoms with Gasteiger partial charge in [-0.15, -0.1) is 0 Å². The van der Waals surface area contributed by atoms with Crippen molar-refractivity contribution in [2.45, 2.75) is 32.7 Å². The summed E-state index contributed by atoms with van der Waals surface area (Å²) in [5, 5.41) is 4.93. The Bertz CT molecular complexity index is 657. The number of rotatable bonds is 2. The van der Waals surface area contributed by atoms with Crippen LogP contribution in [0.4, 0.5) is 14.9 Å². The molecule has 0 heterocycles. The normalized spacial score (nSPS) is 16.7. The average molecular weight is 308 g/mol. The lowest BCUT2D eigenvalue weighted by molar-refractivity contribution is -0.114. The molecule has 0 bridgehead atoms. The Morgan fingerprint density at radius 2 is 2.09 bits per heavy atom. The van der Waals surface area contributed by atoms with Gasteiger partial charge in [0, 0.05) is 12.5 Å². The van der Waals surface area contributed by atoms with E-state index in [9.17, 15) is 18.8 Å². The van der Waals surface area contributed by atoms with Gasteiger partial charge in [0.25, 0.3) is 0 Å². The number of ether oxygens (including phenoxy) is 1.